The van der Waals surface area contributed by atoms with Crippen LogP contribution in [0, 0.1) is 17.1 Å². The molecular weight excluding hydrogens is 503 g/mol. The lowest BCUT2D eigenvalue weighted by atomic mass is 9.90. The summed E-state index contributed by atoms with van der Waals surface area (Å²) in [6.45, 7) is 0. The molecule has 10 heteroatoms. The van der Waals surface area contributed by atoms with E-state index in [9.17, 15) is 11.0 Å². The van der Waals surface area contributed by atoms with Crippen molar-refractivity contribution in [2.45, 2.75) is 62.7 Å². The zero-order valence-electron chi connectivity index (χ0n) is 21.7. The average molecular weight is 532 g/mol. The molecule has 2 heterocycles. The first-order valence-corrected chi connectivity index (χ1v) is 13.2. The molecule has 38 heavy (non-hydrogen) atoms. The normalized spacial score (nSPS) is 21.4. The fourth-order valence-electron chi connectivity index (χ4n) is 5.05. The van der Waals surface area contributed by atoms with E-state index in [1.54, 1.807) is 29.1 Å². The minimum atomic E-state index is -1.60. The van der Waals surface area contributed by atoms with E-state index in [2.05, 4.69) is 32.0 Å². The monoisotopic (exact) mass is 531 g/mol. The lowest BCUT2D eigenvalue weighted by molar-refractivity contribution is 0.404. The van der Waals surface area contributed by atoms with E-state index in [0.29, 0.717) is 44.1 Å². The molecule has 0 radical (unpaired) electrons. The van der Waals surface area contributed by atoms with Gasteiger partial charge in [0.15, 0.2) is 0 Å². The third kappa shape index (κ3) is 4.89. The Balaban J connectivity index is 1.45. The number of nitrogens with zero attached hydrogens (tertiary/aromatic N) is 5. The molecule has 194 valence electrons. The number of rotatable bonds is 7. The molecular formula is C28H28ClFN8. The molecule has 0 bridgehead atoms. The topological polar surface area (TPSA) is 117 Å². The minimum Gasteiger partial charge on any atom is -0.379 e. The van der Waals surface area contributed by atoms with Crippen LogP contribution in [0.2, 0.25) is 5.02 Å². The van der Waals surface area contributed by atoms with Gasteiger partial charge in [0.2, 0.25) is 0 Å². The van der Waals surface area contributed by atoms with Crippen molar-refractivity contribution in [3.05, 3.63) is 76.5 Å². The number of nitriles is 1. The molecule has 0 saturated heterocycles. The van der Waals surface area contributed by atoms with Crippen molar-refractivity contribution in [2.75, 3.05) is 10.6 Å². The van der Waals surface area contributed by atoms with E-state index in [1.165, 1.54) is 18.3 Å². The van der Waals surface area contributed by atoms with Crippen molar-refractivity contribution in [3.63, 3.8) is 0 Å². The number of pyridine rings is 1. The van der Waals surface area contributed by atoms with Gasteiger partial charge < -0.3 is 16.4 Å². The third-order valence-corrected chi connectivity index (χ3v) is 7.57. The van der Waals surface area contributed by atoms with Crippen LogP contribution >= 0.6 is 11.6 Å². The second kappa shape index (κ2) is 10.2. The van der Waals surface area contributed by atoms with E-state index in [0.717, 1.165) is 38.5 Å². The lowest BCUT2D eigenvalue weighted by Gasteiger charge is -2.31. The van der Waals surface area contributed by atoms with Crippen LogP contribution in [0.1, 0.15) is 68.8 Å². The van der Waals surface area contributed by atoms with Gasteiger partial charge in [-0.05, 0) is 55.5 Å². The first kappa shape index (κ1) is 23.4. The zero-order chi connectivity index (χ0) is 27.1. The maximum atomic E-state index is 13.8. The van der Waals surface area contributed by atoms with Gasteiger partial charge in [-0.3, -0.25) is 4.98 Å². The largest absolute Gasteiger partial charge is 0.379 e. The number of halogens is 2. The Morgan fingerprint density at radius 1 is 1.18 bits per heavy atom. The van der Waals surface area contributed by atoms with Crippen LogP contribution in [0.3, 0.4) is 0 Å². The Hall–Kier alpha value is -3.74. The third-order valence-electron chi connectivity index (χ3n) is 7.28. The van der Waals surface area contributed by atoms with Crippen LogP contribution in [0.4, 0.5) is 15.8 Å². The highest BCUT2D eigenvalue weighted by Crippen LogP contribution is 2.38. The molecule has 2 saturated carbocycles. The van der Waals surface area contributed by atoms with Gasteiger partial charge in [0.05, 0.1) is 41.4 Å². The Morgan fingerprint density at radius 2 is 1.97 bits per heavy atom. The molecule has 0 unspecified atom stereocenters. The highest BCUT2D eigenvalue weighted by Gasteiger charge is 2.28. The first-order chi connectivity index (χ1) is 18.9. The maximum absolute atomic E-state index is 13.8. The number of nitrogens with two attached hydrogens (primary N) is 1. The van der Waals surface area contributed by atoms with Crippen LogP contribution in [0.25, 0.3) is 10.9 Å². The summed E-state index contributed by atoms with van der Waals surface area (Å²) in [5.74, 6) is -0.400. The van der Waals surface area contributed by atoms with Crippen molar-refractivity contribution >= 4 is 33.9 Å². The first-order valence-electron chi connectivity index (χ1n) is 13.4. The van der Waals surface area contributed by atoms with Crippen LogP contribution in [0.15, 0.2) is 48.8 Å². The molecule has 4 aromatic rings. The van der Waals surface area contributed by atoms with Gasteiger partial charge in [0, 0.05) is 29.4 Å². The summed E-state index contributed by atoms with van der Waals surface area (Å²) in [7, 11) is 0. The lowest BCUT2D eigenvalue weighted by Crippen LogP contribution is -2.42. The fraction of sp³-hybridized carbons (Fsp3) is 0.357. The smallest absolute Gasteiger partial charge is 0.123 e. The summed E-state index contributed by atoms with van der Waals surface area (Å²) in [5, 5.41) is 26.2. The van der Waals surface area contributed by atoms with Gasteiger partial charge in [-0.25, -0.2) is 9.07 Å². The van der Waals surface area contributed by atoms with Gasteiger partial charge in [-0.2, -0.15) is 5.26 Å². The second-order valence-corrected chi connectivity index (χ2v) is 10.4. The Bertz CT molecular complexity index is 1560. The molecule has 0 amide bonds. The van der Waals surface area contributed by atoms with Gasteiger partial charge in [-0.1, -0.05) is 41.8 Å². The van der Waals surface area contributed by atoms with Crippen molar-refractivity contribution in [1.82, 2.24) is 20.0 Å². The van der Waals surface area contributed by atoms with Crippen LogP contribution in [-0.4, -0.2) is 32.1 Å². The van der Waals surface area contributed by atoms with Crippen molar-refractivity contribution in [2.24, 2.45) is 5.73 Å². The summed E-state index contributed by atoms with van der Waals surface area (Å²) in [5.41, 5.74) is 9.31. The minimum absolute atomic E-state index is 0.0128. The molecule has 2 fully saturated rings. The molecule has 2 aromatic heterocycles. The number of nitrogens with one attached hydrogen (secondary N) is 2. The summed E-state index contributed by atoms with van der Waals surface area (Å²) in [4.78, 5) is 4.45. The zero-order valence-corrected chi connectivity index (χ0v) is 21.4. The Kier molecular flexibility index (Phi) is 6.27. The summed E-state index contributed by atoms with van der Waals surface area (Å²) in [6.07, 6.45) is 9.28. The van der Waals surface area contributed by atoms with Crippen LogP contribution in [-0.2, 0) is 0 Å². The van der Waals surface area contributed by atoms with E-state index in [-0.39, 0.29) is 18.1 Å². The maximum Gasteiger partial charge on any atom is 0.123 e. The standard InChI is InChI=1S/C28H28ClFN8/c29-22-12-19(11-21-26(17(13-31)14-33-28(21)22)35-24-4-2-1-3-23(24)32)34-27(16-5-7-18(30)8-6-16)25-15-38(37-36-25)20-9-10-20/h5-8,11-12,14-15,20,23-24,27,34H,1-4,9-10,32H2,(H,33,35)/t23-,24+,27-/m1/s1/i27D. The van der Waals surface area contributed by atoms with E-state index in [1.807, 2.05) is 6.07 Å². The van der Waals surface area contributed by atoms with E-state index in [4.69, 9.17) is 17.3 Å². The number of aromatic nitrogens is 4. The van der Waals surface area contributed by atoms with Gasteiger partial charge in [-0.15, -0.1) is 5.10 Å². The number of anilines is 2. The molecule has 8 nitrogen and oxygen atoms in total. The molecule has 4 N–H and O–H groups in total. The summed E-state index contributed by atoms with van der Waals surface area (Å²) < 4.78 is 25.1. The van der Waals surface area contributed by atoms with Crippen molar-refractivity contribution in [1.29, 1.82) is 5.26 Å². The van der Waals surface area contributed by atoms with E-state index >= 15 is 0 Å². The predicted molar refractivity (Wildman–Crippen MR) is 145 cm³/mol. The number of benzene rings is 2. The van der Waals surface area contributed by atoms with Gasteiger partial charge in [0.1, 0.15) is 17.6 Å². The van der Waals surface area contributed by atoms with Crippen molar-refractivity contribution in [3.8, 4) is 6.07 Å². The molecule has 6 rings (SSSR count). The Morgan fingerprint density at radius 3 is 2.71 bits per heavy atom. The highest BCUT2D eigenvalue weighted by atomic mass is 35.5. The number of hydrogen-bond donors (Lipinski definition) is 3. The number of fused-ring (bicyclic) bond motifs is 1. The molecule has 0 spiro atoms. The average Bonchev–Trinajstić information content (AvgIpc) is 3.66. The molecule has 3 atom stereocenters. The quantitative estimate of drug-likeness (QED) is 0.279. The number of hydrogen-bond acceptors (Lipinski definition) is 7. The predicted octanol–water partition coefficient (Wildman–Crippen LogP) is 5.71. The van der Waals surface area contributed by atoms with Crippen LogP contribution < -0.4 is 16.4 Å². The summed E-state index contributed by atoms with van der Waals surface area (Å²) >= 11 is 6.72. The second-order valence-electron chi connectivity index (χ2n) is 10.0. The van der Waals surface area contributed by atoms with Crippen LogP contribution in [0.5, 0.6) is 0 Å². The molecule has 2 aliphatic carbocycles. The molecule has 2 aromatic carbocycles. The van der Waals surface area contributed by atoms with E-state index < -0.39 is 11.8 Å². The SMILES string of the molecule is [2H][C@@](Nc1cc(Cl)c2ncc(C#N)c(N[C@H]3CCCC[C@H]3N)c2c1)(c1ccc(F)cc1)c1cn(C2CC2)nn1. The highest BCUT2D eigenvalue weighted by molar-refractivity contribution is 6.35. The van der Waals surface area contributed by atoms with Gasteiger partial charge >= 0.3 is 0 Å². The molecule has 0 aliphatic heterocycles. The summed E-state index contributed by atoms with van der Waals surface area (Å²) in [6, 6.07) is 10.2. The molecule has 2 aliphatic rings. The van der Waals surface area contributed by atoms with Crippen molar-refractivity contribution < 1.29 is 5.76 Å². The van der Waals surface area contributed by atoms with Gasteiger partial charge in [0.25, 0.3) is 0 Å². The fourth-order valence-corrected chi connectivity index (χ4v) is 5.32. The Labute approximate surface area is 226 Å².